The number of rotatable bonds is 16. The highest BCUT2D eigenvalue weighted by atomic mass is 32.2. The lowest BCUT2D eigenvalue weighted by Crippen LogP contribution is -2.65. The van der Waals surface area contributed by atoms with Crippen molar-refractivity contribution >= 4 is 29.9 Å². The minimum absolute atomic E-state index is 0.0106. The van der Waals surface area contributed by atoms with E-state index in [1.807, 2.05) is 0 Å². The fourth-order valence-corrected chi connectivity index (χ4v) is 7.17. The van der Waals surface area contributed by atoms with Crippen LogP contribution in [0.2, 0.25) is 0 Å². The van der Waals surface area contributed by atoms with Gasteiger partial charge in [0.05, 0.1) is 42.6 Å². The van der Waals surface area contributed by atoms with Crippen LogP contribution in [0.5, 0.6) is 0 Å². The molecule has 246 valence electrons. The molecule has 1 saturated heterocycles. The molecule has 1 fully saturated rings. The lowest BCUT2D eigenvalue weighted by atomic mass is 9.88. The van der Waals surface area contributed by atoms with E-state index in [2.05, 4.69) is 4.72 Å². The highest BCUT2D eigenvalue weighted by molar-refractivity contribution is 7.90. The zero-order valence-electron chi connectivity index (χ0n) is 25.1. The molecule has 1 heterocycles. The van der Waals surface area contributed by atoms with Crippen molar-refractivity contribution in [2.75, 3.05) is 37.7 Å². The molecule has 0 aliphatic carbocycles. The second-order valence-electron chi connectivity index (χ2n) is 11.9. The number of nitrogens with zero attached hydrogens (tertiary/aromatic N) is 1. The fourth-order valence-electron chi connectivity index (χ4n) is 4.59. The molecule has 41 heavy (non-hydrogen) atoms. The highest BCUT2D eigenvalue weighted by Crippen LogP contribution is 2.34. The molecule has 0 radical (unpaired) electrons. The van der Waals surface area contributed by atoms with Crippen molar-refractivity contribution in [2.45, 2.75) is 96.2 Å². The SMILES string of the molecule is CC(C)C(OC(O)C(O)(OCCS(C)(=O)=O)OC1CCN(S(C)(=O)=O)C(C(C)(C)O)C1)C(O)(NS(C)(=O)=O)C(C)C. The molecule has 0 aromatic heterocycles. The summed E-state index contributed by atoms with van der Waals surface area (Å²) >= 11 is 0. The van der Waals surface area contributed by atoms with Crippen LogP contribution in [0, 0.1) is 11.8 Å². The lowest BCUT2D eigenvalue weighted by Gasteiger charge is -2.46. The Morgan fingerprint density at radius 3 is 1.90 bits per heavy atom. The van der Waals surface area contributed by atoms with Crippen molar-refractivity contribution in [3.05, 3.63) is 0 Å². The van der Waals surface area contributed by atoms with Crippen LogP contribution in [0.15, 0.2) is 0 Å². The van der Waals surface area contributed by atoms with Crippen molar-refractivity contribution in [1.29, 1.82) is 0 Å². The number of ether oxygens (including phenoxy) is 3. The van der Waals surface area contributed by atoms with E-state index in [9.17, 15) is 45.7 Å². The minimum Gasteiger partial charge on any atom is -0.389 e. The Kier molecular flexibility index (Phi) is 12.8. The zero-order valence-corrected chi connectivity index (χ0v) is 27.6. The van der Waals surface area contributed by atoms with E-state index >= 15 is 0 Å². The van der Waals surface area contributed by atoms with E-state index in [-0.39, 0.29) is 19.4 Å². The number of hydrogen-bond acceptors (Lipinski definition) is 13. The van der Waals surface area contributed by atoms with Crippen LogP contribution in [0.3, 0.4) is 0 Å². The summed E-state index contributed by atoms with van der Waals surface area (Å²) in [5.41, 5.74) is -3.81. The summed E-state index contributed by atoms with van der Waals surface area (Å²) < 4.78 is 92.0. The van der Waals surface area contributed by atoms with Crippen LogP contribution in [-0.4, -0.2) is 129 Å². The average molecular weight is 657 g/mol. The van der Waals surface area contributed by atoms with Crippen molar-refractivity contribution < 1.29 is 59.9 Å². The molecule has 0 aromatic carbocycles. The van der Waals surface area contributed by atoms with Gasteiger partial charge in [-0.15, -0.1) is 0 Å². The Bertz CT molecular complexity index is 1190. The van der Waals surface area contributed by atoms with E-state index in [0.29, 0.717) is 0 Å². The smallest absolute Gasteiger partial charge is 0.335 e. The number of aliphatic hydroxyl groups is 4. The molecule has 1 rings (SSSR count). The van der Waals surface area contributed by atoms with Crippen LogP contribution in [0.25, 0.3) is 0 Å². The lowest BCUT2D eigenvalue weighted by molar-refractivity contribution is -0.456. The van der Waals surface area contributed by atoms with Gasteiger partial charge in [-0.2, -0.15) is 9.03 Å². The summed E-state index contributed by atoms with van der Waals surface area (Å²) in [5.74, 6) is -5.10. The maximum atomic E-state index is 12.3. The number of nitrogens with one attached hydrogen (secondary N) is 1. The monoisotopic (exact) mass is 656 g/mol. The van der Waals surface area contributed by atoms with Crippen LogP contribution in [-0.2, 0) is 44.1 Å². The summed E-state index contributed by atoms with van der Waals surface area (Å²) in [6, 6.07) is -0.997. The first kappa shape index (κ1) is 38.5. The van der Waals surface area contributed by atoms with Crippen molar-refractivity contribution in [2.24, 2.45) is 11.8 Å². The van der Waals surface area contributed by atoms with Crippen molar-refractivity contribution in [1.82, 2.24) is 9.03 Å². The van der Waals surface area contributed by atoms with Gasteiger partial charge in [0.15, 0.2) is 5.72 Å². The Balaban J connectivity index is 3.44. The molecule has 5 N–H and O–H groups in total. The van der Waals surface area contributed by atoms with Gasteiger partial charge in [0.25, 0.3) is 0 Å². The van der Waals surface area contributed by atoms with Gasteiger partial charge in [-0.3, -0.25) is 0 Å². The summed E-state index contributed by atoms with van der Waals surface area (Å²) in [6.45, 7) is 8.16. The first-order chi connectivity index (χ1) is 18.1. The van der Waals surface area contributed by atoms with Crippen molar-refractivity contribution in [3.8, 4) is 0 Å². The van der Waals surface area contributed by atoms with E-state index < -0.39 is 95.9 Å². The van der Waals surface area contributed by atoms with Crippen LogP contribution >= 0.6 is 0 Å². The van der Waals surface area contributed by atoms with E-state index in [1.54, 1.807) is 13.8 Å². The Hall–Kier alpha value is -0.510. The Morgan fingerprint density at radius 1 is 0.976 bits per heavy atom. The predicted octanol–water partition coefficient (Wildman–Crippen LogP) is -1.47. The molecule has 0 spiro atoms. The third kappa shape index (κ3) is 11.5. The third-order valence-corrected chi connectivity index (χ3v) is 9.60. The molecule has 0 bridgehead atoms. The molecule has 6 unspecified atom stereocenters. The first-order valence-electron chi connectivity index (χ1n) is 13.1. The van der Waals surface area contributed by atoms with Gasteiger partial charge >= 0.3 is 5.97 Å². The molecule has 0 saturated carbocycles. The number of piperidine rings is 1. The van der Waals surface area contributed by atoms with Crippen molar-refractivity contribution in [3.63, 3.8) is 0 Å². The number of aliphatic hydroxyl groups excluding tert-OH is 1. The van der Waals surface area contributed by atoms with Gasteiger partial charge in [-0.1, -0.05) is 27.7 Å². The summed E-state index contributed by atoms with van der Waals surface area (Å²) in [5, 5.41) is 44.5. The van der Waals surface area contributed by atoms with Crippen LogP contribution in [0.1, 0.15) is 54.4 Å². The van der Waals surface area contributed by atoms with E-state index in [0.717, 1.165) is 23.1 Å². The normalized spacial score (nSPS) is 24.7. The topological polar surface area (TPSA) is 226 Å². The maximum absolute atomic E-state index is 12.3. The van der Waals surface area contributed by atoms with Gasteiger partial charge in [-0.05, 0) is 38.5 Å². The number of sulfonamides is 2. The predicted molar refractivity (Wildman–Crippen MR) is 150 cm³/mol. The molecule has 0 amide bonds. The second-order valence-corrected chi connectivity index (χ2v) is 17.9. The van der Waals surface area contributed by atoms with Gasteiger partial charge in [-0.25, -0.2) is 25.3 Å². The second kappa shape index (κ2) is 13.6. The first-order valence-corrected chi connectivity index (χ1v) is 18.9. The van der Waals surface area contributed by atoms with Gasteiger partial charge in [0.1, 0.15) is 15.9 Å². The number of sulfone groups is 1. The highest BCUT2D eigenvalue weighted by Gasteiger charge is 2.52. The maximum Gasteiger partial charge on any atom is 0.335 e. The largest absolute Gasteiger partial charge is 0.389 e. The van der Waals surface area contributed by atoms with Crippen LogP contribution in [0.4, 0.5) is 0 Å². The van der Waals surface area contributed by atoms with E-state index in [4.69, 9.17) is 14.2 Å². The van der Waals surface area contributed by atoms with E-state index in [1.165, 1.54) is 27.7 Å². The standard InChI is InChI=1S/C23H48N2O13S3/c1-15(2)19(22(28,16(3)4)24-40(8,32)33)37-20(26)23(29,36-12-13-39(7,30)31)38-17-10-11-25(41(9,34)35)18(14-17)21(5,6)27/h15-20,24,26-29H,10-14H2,1-9H3. The minimum atomic E-state index is -4.00. The summed E-state index contributed by atoms with van der Waals surface area (Å²) in [4.78, 5) is 0. The molecule has 1 aliphatic heterocycles. The quantitative estimate of drug-likeness (QED) is 0.120. The van der Waals surface area contributed by atoms with Gasteiger partial charge in [0, 0.05) is 12.8 Å². The zero-order chi connectivity index (χ0) is 32.4. The summed E-state index contributed by atoms with van der Waals surface area (Å²) in [6.07, 6.45) is -2.37. The van der Waals surface area contributed by atoms with Gasteiger partial charge in [0.2, 0.25) is 26.3 Å². The molecule has 0 aromatic rings. The Labute approximate surface area is 244 Å². The molecule has 18 heteroatoms. The molecular weight excluding hydrogens is 608 g/mol. The molecule has 1 aliphatic rings. The third-order valence-electron chi connectivity index (χ3n) is 6.70. The number of hydrogen-bond donors (Lipinski definition) is 5. The van der Waals surface area contributed by atoms with Gasteiger partial charge < -0.3 is 34.6 Å². The fraction of sp³-hybridized carbons (Fsp3) is 1.00. The summed E-state index contributed by atoms with van der Waals surface area (Å²) in [7, 11) is -11.3. The molecule has 15 nitrogen and oxygen atoms in total. The Morgan fingerprint density at radius 2 is 1.51 bits per heavy atom. The molecule has 6 atom stereocenters. The van der Waals surface area contributed by atoms with Crippen LogP contribution < -0.4 is 4.72 Å². The average Bonchev–Trinajstić information content (AvgIpc) is 2.73. The molecular formula is C23H48N2O13S3.